The predicted octanol–water partition coefficient (Wildman–Crippen LogP) is 3.55. The quantitative estimate of drug-likeness (QED) is 0.700. The summed E-state index contributed by atoms with van der Waals surface area (Å²) in [7, 11) is 0. The smallest absolute Gasteiger partial charge is 0.0441 e. The molecule has 80 valence electrons. The first-order chi connectivity index (χ1) is 7.95. The zero-order valence-electron chi connectivity index (χ0n) is 9.26. The third-order valence-corrected chi connectivity index (χ3v) is 3.41. The number of fused-ring (bicyclic) bond motifs is 1. The number of pyridine rings is 1. The molecule has 1 aromatic carbocycles. The molecule has 2 aromatic rings. The summed E-state index contributed by atoms with van der Waals surface area (Å²) in [5, 5.41) is 0. The Morgan fingerprint density at radius 1 is 1.00 bits per heavy atom. The van der Waals surface area contributed by atoms with Gasteiger partial charge >= 0.3 is 0 Å². The first-order valence-corrected chi connectivity index (χ1v) is 5.94. The average molecular weight is 209 g/mol. The SMILES string of the molecule is c1ccc([C@@H]2CCCc3ncccc32)cc1. The van der Waals surface area contributed by atoms with Gasteiger partial charge in [-0.25, -0.2) is 0 Å². The van der Waals surface area contributed by atoms with Crippen LogP contribution in [0, 0.1) is 0 Å². The zero-order valence-corrected chi connectivity index (χ0v) is 9.26. The summed E-state index contributed by atoms with van der Waals surface area (Å²) < 4.78 is 0. The maximum atomic E-state index is 4.50. The first-order valence-electron chi connectivity index (χ1n) is 5.94. The Hall–Kier alpha value is -1.63. The van der Waals surface area contributed by atoms with E-state index in [2.05, 4.69) is 47.4 Å². The van der Waals surface area contributed by atoms with Crippen molar-refractivity contribution in [1.82, 2.24) is 4.98 Å². The van der Waals surface area contributed by atoms with Crippen LogP contribution in [-0.2, 0) is 6.42 Å². The lowest BCUT2D eigenvalue weighted by molar-refractivity contribution is 0.603. The molecule has 16 heavy (non-hydrogen) atoms. The van der Waals surface area contributed by atoms with Gasteiger partial charge in [0.25, 0.3) is 0 Å². The Morgan fingerprint density at radius 2 is 1.88 bits per heavy atom. The van der Waals surface area contributed by atoms with Crippen molar-refractivity contribution in [1.29, 1.82) is 0 Å². The van der Waals surface area contributed by atoms with E-state index in [0.29, 0.717) is 5.92 Å². The van der Waals surface area contributed by atoms with E-state index in [0.717, 1.165) is 6.42 Å². The van der Waals surface area contributed by atoms with Gasteiger partial charge in [0.15, 0.2) is 0 Å². The van der Waals surface area contributed by atoms with Crippen LogP contribution in [0.1, 0.15) is 35.6 Å². The lowest BCUT2D eigenvalue weighted by atomic mass is 9.81. The van der Waals surface area contributed by atoms with Crippen molar-refractivity contribution in [2.75, 3.05) is 0 Å². The minimum absolute atomic E-state index is 0.554. The van der Waals surface area contributed by atoms with Crippen molar-refractivity contribution in [2.24, 2.45) is 0 Å². The molecule has 0 amide bonds. The van der Waals surface area contributed by atoms with Crippen LogP contribution < -0.4 is 0 Å². The highest BCUT2D eigenvalue weighted by Gasteiger charge is 2.21. The maximum absolute atomic E-state index is 4.50. The highest BCUT2D eigenvalue weighted by molar-refractivity contribution is 5.36. The van der Waals surface area contributed by atoms with E-state index in [1.54, 1.807) is 0 Å². The second-order valence-electron chi connectivity index (χ2n) is 4.39. The third-order valence-electron chi connectivity index (χ3n) is 3.41. The third kappa shape index (κ3) is 1.63. The Bertz CT molecular complexity index is 476. The van der Waals surface area contributed by atoms with Gasteiger partial charge in [-0.1, -0.05) is 36.4 Å². The van der Waals surface area contributed by atoms with Gasteiger partial charge in [0, 0.05) is 17.8 Å². The van der Waals surface area contributed by atoms with Crippen molar-refractivity contribution < 1.29 is 0 Å². The molecule has 3 rings (SSSR count). The van der Waals surface area contributed by atoms with Crippen LogP contribution >= 0.6 is 0 Å². The summed E-state index contributed by atoms with van der Waals surface area (Å²) in [4.78, 5) is 4.50. The predicted molar refractivity (Wildman–Crippen MR) is 65.5 cm³/mol. The van der Waals surface area contributed by atoms with Crippen LogP contribution in [0.15, 0.2) is 48.7 Å². The van der Waals surface area contributed by atoms with Gasteiger partial charge in [0.2, 0.25) is 0 Å². The number of hydrogen-bond acceptors (Lipinski definition) is 1. The Labute approximate surface area is 96.2 Å². The highest BCUT2D eigenvalue weighted by atomic mass is 14.7. The van der Waals surface area contributed by atoms with Crippen molar-refractivity contribution in [2.45, 2.75) is 25.2 Å². The maximum Gasteiger partial charge on any atom is 0.0441 e. The van der Waals surface area contributed by atoms with E-state index in [1.165, 1.54) is 29.7 Å². The van der Waals surface area contributed by atoms with Crippen LogP contribution in [0.5, 0.6) is 0 Å². The first kappa shape index (κ1) is 9.59. The van der Waals surface area contributed by atoms with Gasteiger partial charge < -0.3 is 0 Å². The number of rotatable bonds is 1. The van der Waals surface area contributed by atoms with Crippen molar-refractivity contribution in [3.8, 4) is 0 Å². The number of aromatic nitrogens is 1. The molecule has 0 N–H and O–H groups in total. The van der Waals surface area contributed by atoms with E-state index in [-0.39, 0.29) is 0 Å². The van der Waals surface area contributed by atoms with Crippen molar-refractivity contribution in [3.63, 3.8) is 0 Å². The van der Waals surface area contributed by atoms with Gasteiger partial charge in [0.1, 0.15) is 0 Å². The molecule has 0 saturated heterocycles. The number of hydrogen-bond donors (Lipinski definition) is 0. The molecule has 0 unspecified atom stereocenters. The molecule has 1 atom stereocenters. The zero-order chi connectivity index (χ0) is 10.8. The second-order valence-corrected chi connectivity index (χ2v) is 4.39. The summed E-state index contributed by atoms with van der Waals surface area (Å²) in [5.74, 6) is 0.554. The molecule has 1 aliphatic rings. The topological polar surface area (TPSA) is 12.9 Å². The van der Waals surface area contributed by atoms with E-state index in [9.17, 15) is 0 Å². The Kier molecular flexibility index (Phi) is 2.45. The summed E-state index contributed by atoms with van der Waals surface area (Å²) in [6.45, 7) is 0. The van der Waals surface area contributed by atoms with Crippen LogP contribution in [0.3, 0.4) is 0 Å². The second kappa shape index (κ2) is 4.09. The molecule has 0 saturated carbocycles. The van der Waals surface area contributed by atoms with Crippen LogP contribution in [0.2, 0.25) is 0 Å². The number of benzene rings is 1. The van der Waals surface area contributed by atoms with Crippen LogP contribution in [0.25, 0.3) is 0 Å². The standard InChI is InChI=1S/C15H15N/c1-2-6-12(7-3-1)13-8-4-10-15-14(13)9-5-11-16-15/h1-3,5-7,9,11,13H,4,8,10H2/t13-/m0/s1. The van der Waals surface area contributed by atoms with Gasteiger partial charge in [-0.05, 0) is 36.5 Å². The molecular weight excluding hydrogens is 194 g/mol. The molecular formula is C15H15N. The Morgan fingerprint density at radius 3 is 2.75 bits per heavy atom. The van der Waals surface area contributed by atoms with E-state index < -0.39 is 0 Å². The monoisotopic (exact) mass is 209 g/mol. The normalized spacial score (nSPS) is 19.1. The minimum atomic E-state index is 0.554. The molecule has 1 heterocycles. The minimum Gasteiger partial charge on any atom is -0.261 e. The molecule has 1 nitrogen and oxygen atoms in total. The molecule has 0 radical (unpaired) electrons. The lowest BCUT2D eigenvalue weighted by Gasteiger charge is -2.24. The molecule has 0 aliphatic heterocycles. The van der Waals surface area contributed by atoms with Crippen molar-refractivity contribution >= 4 is 0 Å². The summed E-state index contributed by atoms with van der Waals surface area (Å²) in [6.07, 6.45) is 5.55. The average Bonchev–Trinajstić information content (AvgIpc) is 2.39. The highest BCUT2D eigenvalue weighted by Crippen LogP contribution is 2.35. The van der Waals surface area contributed by atoms with Crippen LogP contribution in [0.4, 0.5) is 0 Å². The summed E-state index contributed by atoms with van der Waals surface area (Å²) >= 11 is 0. The van der Waals surface area contributed by atoms with Gasteiger partial charge in [-0.15, -0.1) is 0 Å². The molecule has 1 aromatic heterocycles. The fourth-order valence-corrected chi connectivity index (χ4v) is 2.64. The molecule has 0 bridgehead atoms. The van der Waals surface area contributed by atoms with Gasteiger partial charge in [0.05, 0.1) is 0 Å². The molecule has 0 fully saturated rings. The Balaban J connectivity index is 2.05. The fourth-order valence-electron chi connectivity index (χ4n) is 2.64. The van der Waals surface area contributed by atoms with E-state index in [1.807, 2.05) is 6.20 Å². The van der Waals surface area contributed by atoms with Gasteiger partial charge in [-0.3, -0.25) is 4.98 Å². The fraction of sp³-hybridized carbons (Fsp3) is 0.267. The largest absolute Gasteiger partial charge is 0.261 e. The van der Waals surface area contributed by atoms with Gasteiger partial charge in [-0.2, -0.15) is 0 Å². The lowest BCUT2D eigenvalue weighted by Crippen LogP contribution is -2.12. The van der Waals surface area contributed by atoms with E-state index in [4.69, 9.17) is 0 Å². The molecule has 0 spiro atoms. The number of aryl methyl sites for hydroxylation is 1. The van der Waals surface area contributed by atoms with Crippen molar-refractivity contribution in [3.05, 3.63) is 65.5 Å². The van der Waals surface area contributed by atoms with Crippen LogP contribution in [-0.4, -0.2) is 4.98 Å². The summed E-state index contributed by atoms with van der Waals surface area (Å²) in [5.41, 5.74) is 4.15. The van der Waals surface area contributed by atoms with E-state index >= 15 is 0 Å². The molecule has 1 heteroatoms. The number of nitrogens with zero attached hydrogens (tertiary/aromatic N) is 1. The molecule has 1 aliphatic carbocycles. The summed E-state index contributed by atoms with van der Waals surface area (Å²) in [6, 6.07) is 15.1.